The highest BCUT2D eigenvalue weighted by Crippen LogP contribution is 2.16. The molecule has 0 amide bonds. The highest BCUT2D eigenvalue weighted by molar-refractivity contribution is 5.93. The molecule has 2 N–H and O–H groups in total. The van der Waals surface area contributed by atoms with E-state index in [2.05, 4.69) is 10.3 Å². The van der Waals surface area contributed by atoms with E-state index in [-0.39, 0.29) is 11.6 Å². The van der Waals surface area contributed by atoms with E-state index in [0.717, 1.165) is 5.76 Å². The molecule has 0 aliphatic rings. The fourth-order valence-electron chi connectivity index (χ4n) is 1.74. The molecule has 0 saturated heterocycles. The van der Waals surface area contributed by atoms with Gasteiger partial charge >= 0.3 is 5.97 Å². The molecular formula is C13H14N2O3. The Morgan fingerprint density at radius 2 is 2.39 bits per heavy atom. The highest BCUT2D eigenvalue weighted by Gasteiger charge is 2.12. The number of hydrogen-bond donors (Lipinski definition) is 2. The lowest BCUT2D eigenvalue weighted by atomic mass is 10.1. The minimum atomic E-state index is -0.990. The van der Waals surface area contributed by atoms with Gasteiger partial charge in [-0.25, -0.2) is 4.79 Å². The van der Waals surface area contributed by atoms with Crippen molar-refractivity contribution in [1.29, 1.82) is 0 Å². The SMILES string of the molecule is CC(Cc1ccco1)Nc1ccncc1C(=O)O. The van der Waals surface area contributed by atoms with Gasteiger partial charge in [0, 0.05) is 24.9 Å². The molecule has 0 bridgehead atoms. The van der Waals surface area contributed by atoms with Gasteiger partial charge in [0.1, 0.15) is 11.3 Å². The van der Waals surface area contributed by atoms with Gasteiger partial charge in [0.25, 0.3) is 0 Å². The lowest BCUT2D eigenvalue weighted by Crippen LogP contribution is -2.19. The van der Waals surface area contributed by atoms with Crippen LogP contribution in [0, 0.1) is 0 Å². The van der Waals surface area contributed by atoms with Crippen molar-refractivity contribution in [3.63, 3.8) is 0 Å². The summed E-state index contributed by atoms with van der Waals surface area (Å²) in [6.07, 6.45) is 5.21. The summed E-state index contributed by atoms with van der Waals surface area (Å²) in [5, 5.41) is 12.2. The Bertz CT molecular complexity index is 523. The first-order chi connectivity index (χ1) is 8.66. The number of furan rings is 1. The lowest BCUT2D eigenvalue weighted by molar-refractivity contribution is 0.0697. The number of aromatic nitrogens is 1. The maximum atomic E-state index is 11.0. The normalized spacial score (nSPS) is 12.1. The third-order valence-corrected chi connectivity index (χ3v) is 2.54. The zero-order valence-corrected chi connectivity index (χ0v) is 9.96. The van der Waals surface area contributed by atoms with Crippen LogP contribution in [0.15, 0.2) is 41.3 Å². The molecule has 2 aromatic heterocycles. The van der Waals surface area contributed by atoms with Crippen LogP contribution in [-0.4, -0.2) is 22.1 Å². The molecule has 2 rings (SSSR count). The Balaban J connectivity index is 2.07. The standard InChI is InChI=1S/C13H14N2O3/c1-9(7-10-3-2-6-18-10)15-12-4-5-14-8-11(12)13(16)17/h2-6,8-9H,7H2,1H3,(H,14,15)(H,16,17). The maximum absolute atomic E-state index is 11.0. The smallest absolute Gasteiger partial charge is 0.339 e. The van der Waals surface area contributed by atoms with Crippen LogP contribution < -0.4 is 5.32 Å². The van der Waals surface area contributed by atoms with E-state index >= 15 is 0 Å². The van der Waals surface area contributed by atoms with Gasteiger partial charge < -0.3 is 14.8 Å². The number of hydrogen-bond acceptors (Lipinski definition) is 4. The number of aromatic carboxylic acids is 1. The van der Waals surface area contributed by atoms with E-state index in [1.807, 2.05) is 19.1 Å². The van der Waals surface area contributed by atoms with Crippen LogP contribution >= 0.6 is 0 Å². The lowest BCUT2D eigenvalue weighted by Gasteiger charge is -2.15. The zero-order chi connectivity index (χ0) is 13.0. The van der Waals surface area contributed by atoms with E-state index < -0.39 is 5.97 Å². The van der Waals surface area contributed by atoms with Crippen molar-refractivity contribution in [2.45, 2.75) is 19.4 Å². The van der Waals surface area contributed by atoms with Crippen LogP contribution in [0.4, 0.5) is 5.69 Å². The van der Waals surface area contributed by atoms with Crippen molar-refractivity contribution < 1.29 is 14.3 Å². The molecule has 0 radical (unpaired) electrons. The number of nitrogens with zero attached hydrogens (tertiary/aromatic N) is 1. The fraction of sp³-hybridized carbons (Fsp3) is 0.231. The fourth-order valence-corrected chi connectivity index (χ4v) is 1.74. The van der Waals surface area contributed by atoms with Crippen LogP contribution in [0.2, 0.25) is 0 Å². The summed E-state index contributed by atoms with van der Waals surface area (Å²) in [4.78, 5) is 14.8. The van der Waals surface area contributed by atoms with Gasteiger partial charge in [0.05, 0.1) is 12.0 Å². The summed E-state index contributed by atoms with van der Waals surface area (Å²) < 4.78 is 5.25. The summed E-state index contributed by atoms with van der Waals surface area (Å²) in [5.74, 6) is -0.128. The number of anilines is 1. The highest BCUT2D eigenvalue weighted by atomic mass is 16.4. The molecule has 0 fully saturated rings. The van der Waals surface area contributed by atoms with Crippen LogP contribution in [-0.2, 0) is 6.42 Å². The van der Waals surface area contributed by atoms with Crippen LogP contribution in [0.25, 0.3) is 0 Å². The molecular weight excluding hydrogens is 232 g/mol. The van der Waals surface area contributed by atoms with Gasteiger partial charge in [-0.3, -0.25) is 4.98 Å². The molecule has 0 aliphatic heterocycles. The molecule has 94 valence electrons. The average molecular weight is 246 g/mol. The third kappa shape index (κ3) is 2.88. The molecule has 2 heterocycles. The summed E-state index contributed by atoms with van der Waals surface area (Å²) in [6.45, 7) is 1.97. The molecule has 0 saturated carbocycles. The largest absolute Gasteiger partial charge is 0.478 e. The molecule has 18 heavy (non-hydrogen) atoms. The third-order valence-electron chi connectivity index (χ3n) is 2.54. The second-order valence-electron chi connectivity index (χ2n) is 4.06. The van der Waals surface area contributed by atoms with Crippen molar-refractivity contribution in [2.75, 3.05) is 5.32 Å². The molecule has 0 aliphatic carbocycles. The minimum absolute atomic E-state index is 0.0663. The molecule has 5 heteroatoms. The number of carbonyl (C=O) groups is 1. The average Bonchev–Trinajstić information content (AvgIpc) is 2.82. The number of carboxylic acid groups (broad SMARTS) is 1. The van der Waals surface area contributed by atoms with Crippen molar-refractivity contribution in [1.82, 2.24) is 4.98 Å². The molecule has 0 aromatic carbocycles. The molecule has 0 spiro atoms. The molecule has 2 aromatic rings. The Morgan fingerprint density at radius 3 is 3.06 bits per heavy atom. The quantitative estimate of drug-likeness (QED) is 0.847. The van der Waals surface area contributed by atoms with Gasteiger partial charge in [-0.2, -0.15) is 0 Å². The number of pyridine rings is 1. The van der Waals surface area contributed by atoms with Crippen molar-refractivity contribution in [2.24, 2.45) is 0 Å². The van der Waals surface area contributed by atoms with Crippen molar-refractivity contribution in [3.05, 3.63) is 48.2 Å². The number of carboxylic acids is 1. The van der Waals surface area contributed by atoms with Gasteiger partial charge in [-0.1, -0.05) is 0 Å². The van der Waals surface area contributed by atoms with Crippen LogP contribution in [0.1, 0.15) is 23.0 Å². The summed E-state index contributed by atoms with van der Waals surface area (Å²) >= 11 is 0. The summed E-state index contributed by atoms with van der Waals surface area (Å²) in [6, 6.07) is 5.44. The predicted molar refractivity (Wildman–Crippen MR) is 66.7 cm³/mol. The minimum Gasteiger partial charge on any atom is -0.478 e. The van der Waals surface area contributed by atoms with E-state index in [1.54, 1.807) is 18.5 Å². The van der Waals surface area contributed by atoms with E-state index in [0.29, 0.717) is 12.1 Å². The topological polar surface area (TPSA) is 75.4 Å². The first-order valence-corrected chi connectivity index (χ1v) is 5.63. The Labute approximate surface area is 104 Å². The van der Waals surface area contributed by atoms with Gasteiger partial charge in [0.2, 0.25) is 0 Å². The Kier molecular flexibility index (Phi) is 3.62. The van der Waals surface area contributed by atoms with Crippen LogP contribution in [0.3, 0.4) is 0 Å². The maximum Gasteiger partial charge on any atom is 0.339 e. The van der Waals surface area contributed by atoms with Crippen molar-refractivity contribution in [3.8, 4) is 0 Å². The zero-order valence-electron chi connectivity index (χ0n) is 9.96. The van der Waals surface area contributed by atoms with E-state index in [1.165, 1.54) is 6.20 Å². The molecule has 1 unspecified atom stereocenters. The van der Waals surface area contributed by atoms with Gasteiger partial charge in [-0.15, -0.1) is 0 Å². The number of nitrogens with one attached hydrogen (secondary N) is 1. The molecule has 5 nitrogen and oxygen atoms in total. The molecule has 1 atom stereocenters. The first kappa shape index (κ1) is 12.2. The van der Waals surface area contributed by atoms with Gasteiger partial charge in [0.15, 0.2) is 0 Å². The Hall–Kier alpha value is -2.30. The van der Waals surface area contributed by atoms with E-state index in [9.17, 15) is 4.79 Å². The van der Waals surface area contributed by atoms with E-state index in [4.69, 9.17) is 9.52 Å². The van der Waals surface area contributed by atoms with Crippen LogP contribution in [0.5, 0.6) is 0 Å². The second kappa shape index (κ2) is 5.35. The monoisotopic (exact) mass is 246 g/mol. The van der Waals surface area contributed by atoms with Gasteiger partial charge in [-0.05, 0) is 25.1 Å². The number of rotatable bonds is 5. The second-order valence-corrected chi connectivity index (χ2v) is 4.06. The summed E-state index contributed by atoms with van der Waals surface area (Å²) in [5.41, 5.74) is 0.736. The Morgan fingerprint density at radius 1 is 1.56 bits per heavy atom. The van der Waals surface area contributed by atoms with Crippen molar-refractivity contribution >= 4 is 11.7 Å². The first-order valence-electron chi connectivity index (χ1n) is 5.63. The predicted octanol–water partition coefficient (Wildman–Crippen LogP) is 2.42. The summed E-state index contributed by atoms with van der Waals surface area (Å²) in [7, 11) is 0.